The van der Waals surface area contributed by atoms with Gasteiger partial charge in [-0.25, -0.2) is 14.4 Å². The SMILES string of the molecule is NC(=O)OCCNC(=O)NCCc1ccccc1C(=O)O. The van der Waals surface area contributed by atoms with Crippen LogP contribution in [-0.2, 0) is 11.2 Å². The Morgan fingerprint density at radius 1 is 1.14 bits per heavy atom. The van der Waals surface area contributed by atoms with Gasteiger partial charge >= 0.3 is 18.1 Å². The summed E-state index contributed by atoms with van der Waals surface area (Å²) in [5.41, 5.74) is 5.61. The Morgan fingerprint density at radius 3 is 2.48 bits per heavy atom. The number of benzene rings is 1. The second kappa shape index (κ2) is 8.41. The molecule has 1 rings (SSSR count). The summed E-state index contributed by atoms with van der Waals surface area (Å²) in [5.74, 6) is -1.00. The van der Waals surface area contributed by atoms with E-state index in [0.717, 1.165) is 0 Å². The Labute approximate surface area is 121 Å². The van der Waals surface area contributed by atoms with Crippen molar-refractivity contribution in [1.82, 2.24) is 10.6 Å². The lowest BCUT2D eigenvalue weighted by atomic mass is 10.0. The summed E-state index contributed by atoms with van der Waals surface area (Å²) in [7, 11) is 0. The molecule has 8 heteroatoms. The molecule has 0 atom stereocenters. The van der Waals surface area contributed by atoms with E-state index in [2.05, 4.69) is 15.4 Å². The number of carbonyl (C=O) groups is 3. The van der Waals surface area contributed by atoms with Crippen LogP contribution in [0.5, 0.6) is 0 Å². The smallest absolute Gasteiger partial charge is 0.404 e. The number of hydrogen-bond acceptors (Lipinski definition) is 4. The zero-order chi connectivity index (χ0) is 15.7. The number of carboxylic acids is 1. The van der Waals surface area contributed by atoms with Crippen molar-refractivity contribution in [3.8, 4) is 0 Å². The van der Waals surface area contributed by atoms with Crippen molar-refractivity contribution in [2.75, 3.05) is 19.7 Å². The molecule has 0 aliphatic carbocycles. The standard InChI is InChI=1S/C13H17N3O5/c14-12(19)21-8-7-16-13(20)15-6-5-9-3-1-2-4-10(9)11(17)18/h1-4H,5-8H2,(H2,14,19)(H,17,18)(H2,15,16,20). The normalized spacial score (nSPS) is 9.71. The summed E-state index contributed by atoms with van der Waals surface area (Å²) in [5, 5.41) is 14.0. The van der Waals surface area contributed by atoms with Gasteiger partial charge in [0.2, 0.25) is 0 Å². The second-order valence-electron chi connectivity index (χ2n) is 4.06. The molecule has 1 aromatic carbocycles. The molecule has 0 aliphatic rings. The largest absolute Gasteiger partial charge is 0.478 e. The number of carboxylic acid groups (broad SMARTS) is 1. The maximum absolute atomic E-state index is 11.4. The van der Waals surface area contributed by atoms with Crippen LogP contribution in [0, 0.1) is 0 Å². The van der Waals surface area contributed by atoms with Gasteiger partial charge in [-0.2, -0.15) is 0 Å². The Balaban J connectivity index is 2.29. The number of ether oxygens (including phenoxy) is 1. The summed E-state index contributed by atoms with van der Waals surface area (Å²) < 4.78 is 4.44. The van der Waals surface area contributed by atoms with Crippen molar-refractivity contribution in [2.24, 2.45) is 5.73 Å². The van der Waals surface area contributed by atoms with Gasteiger partial charge in [0.15, 0.2) is 0 Å². The van der Waals surface area contributed by atoms with E-state index in [-0.39, 0.29) is 25.3 Å². The lowest BCUT2D eigenvalue weighted by Crippen LogP contribution is -2.38. The van der Waals surface area contributed by atoms with E-state index in [1.54, 1.807) is 18.2 Å². The van der Waals surface area contributed by atoms with E-state index in [0.29, 0.717) is 12.0 Å². The van der Waals surface area contributed by atoms with Gasteiger partial charge in [0.05, 0.1) is 12.1 Å². The molecule has 0 spiro atoms. The van der Waals surface area contributed by atoms with Crippen LogP contribution in [0.25, 0.3) is 0 Å². The zero-order valence-corrected chi connectivity index (χ0v) is 11.3. The summed E-state index contributed by atoms with van der Waals surface area (Å²) >= 11 is 0. The Kier molecular flexibility index (Phi) is 6.52. The average Bonchev–Trinajstić information content (AvgIpc) is 2.44. The lowest BCUT2D eigenvalue weighted by Gasteiger charge is -2.09. The molecule has 0 unspecified atom stereocenters. The molecular weight excluding hydrogens is 278 g/mol. The van der Waals surface area contributed by atoms with Gasteiger partial charge in [0.1, 0.15) is 6.61 Å². The van der Waals surface area contributed by atoms with Crippen LogP contribution in [0.15, 0.2) is 24.3 Å². The van der Waals surface area contributed by atoms with Crippen LogP contribution in [0.1, 0.15) is 15.9 Å². The lowest BCUT2D eigenvalue weighted by molar-refractivity contribution is 0.0695. The van der Waals surface area contributed by atoms with Crippen LogP contribution in [0.3, 0.4) is 0 Å². The first-order chi connectivity index (χ1) is 10.0. The third-order valence-electron chi connectivity index (χ3n) is 2.56. The van der Waals surface area contributed by atoms with Gasteiger partial charge in [0, 0.05) is 6.54 Å². The fourth-order valence-electron chi connectivity index (χ4n) is 1.64. The highest BCUT2D eigenvalue weighted by Gasteiger charge is 2.08. The van der Waals surface area contributed by atoms with Crippen LogP contribution in [-0.4, -0.2) is 42.9 Å². The molecule has 0 aliphatic heterocycles. The van der Waals surface area contributed by atoms with Crippen molar-refractivity contribution in [3.63, 3.8) is 0 Å². The summed E-state index contributed by atoms with van der Waals surface area (Å²) in [6.45, 7) is 0.415. The number of nitrogens with one attached hydrogen (secondary N) is 2. The number of rotatable bonds is 7. The molecule has 0 bridgehead atoms. The predicted octanol–water partition coefficient (Wildman–Crippen LogP) is 0.322. The van der Waals surface area contributed by atoms with Crippen LogP contribution in [0.2, 0.25) is 0 Å². The van der Waals surface area contributed by atoms with Crippen molar-refractivity contribution in [3.05, 3.63) is 35.4 Å². The third kappa shape index (κ3) is 6.28. The molecule has 3 amide bonds. The number of primary amides is 1. The number of urea groups is 1. The molecule has 0 heterocycles. The number of carbonyl (C=O) groups excluding carboxylic acids is 2. The van der Waals surface area contributed by atoms with E-state index in [4.69, 9.17) is 10.8 Å². The minimum atomic E-state index is -1.00. The highest BCUT2D eigenvalue weighted by atomic mass is 16.5. The van der Waals surface area contributed by atoms with Gasteiger partial charge in [-0.15, -0.1) is 0 Å². The number of nitrogens with two attached hydrogens (primary N) is 1. The molecule has 1 aromatic rings. The molecule has 114 valence electrons. The maximum Gasteiger partial charge on any atom is 0.404 e. The predicted molar refractivity (Wildman–Crippen MR) is 74.0 cm³/mol. The Morgan fingerprint density at radius 2 is 1.81 bits per heavy atom. The zero-order valence-electron chi connectivity index (χ0n) is 11.3. The third-order valence-corrected chi connectivity index (χ3v) is 2.56. The Hall–Kier alpha value is -2.77. The van der Waals surface area contributed by atoms with Gasteiger partial charge < -0.3 is 26.2 Å². The van der Waals surface area contributed by atoms with Crippen LogP contribution in [0.4, 0.5) is 9.59 Å². The van der Waals surface area contributed by atoms with Crippen LogP contribution >= 0.6 is 0 Å². The average molecular weight is 295 g/mol. The van der Waals surface area contributed by atoms with Gasteiger partial charge in [-0.3, -0.25) is 0 Å². The van der Waals surface area contributed by atoms with E-state index < -0.39 is 18.1 Å². The number of aromatic carboxylic acids is 1. The molecule has 0 radical (unpaired) electrons. The van der Waals surface area contributed by atoms with Gasteiger partial charge in [-0.1, -0.05) is 18.2 Å². The molecule has 21 heavy (non-hydrogen) atoms. The topological polar surface area (TPSA) is 131 Å². The highest BCUT2D eigenvalue weighted by molar-refractivity contribution is 5.89. The molecule has 0 saturated heterocycles. The molecular formula is C13H17N3O5. The first kappa shape index (κ1) is 16.3. The first-order valence-corrected chi connectivity index (χ1v) is 6.26. The summed E-state index contributed by atoms with van der Waals surface area (Å²) in [4.78, 5) is 32.7. The molecule has 5 N–H and O–H groups in total. The van der Waals surface area contributed by atoms with Crippen LogP contribution < -0.4 is 16.4 Å². The van der Waals surface area contributed by atoms with Crippen molar-refractivity contribution in [1.29, 1.82) is 0 Å². The fourth-order valence-corrected chi connectivity index (χ4v) is 1.64. The Bertz CT molecular complexity index is 518. The van der Waals surface area contributed by atoms with Gasteiger partial charge in [-0.05, 0) is 18.1 Å². The highest BCUT2D eigenvalue weighted by Crippen LogP contribution is 2.08. The van der Waals surface area contributed by atoms with E-state index in [9.17, 15) is 14.4 Å². The van der Waals surface area contributed by atoms with E-state index in [1.807, 2.05) is 0 Å². The molecule has 0 fully saturated rings. The molecule has 0 saturated carbocycles. The van der Waals surface area contributed by atoms with E-state index in [1.165, 1.54) is 6.07 Å². The van der Waals surface area contributed by atoms with Crippen molar-refractivity contribution < 1.29 is 24.2 Å². The first-order valence-electron chi connectivity index (χ1n) is 6.26. The summed E-state index contributed by atoms with van der Waals surface area (Å²) in [6, 6.07) is 6.16. The molecule has 0 aromatic heterocycles. The van der Waals surface area contributed by atoms with Crippen molar-refractivity contribution >= 4 is 18.1 Å². The molecule has 8 nitrogen and oxygen atoms in total. The monoisotopic (exact) mass is 295 g/mol. The minimum Gasteiger partial charge on any atom is -0.478 e. The number of hydrogen-bond donors (Lipinski definition) is 4. The fraction of sp³-hybridized carbons (Fsp3) is 0.308. The second-order valence-corrected chi connectivity index (χ2v) is 4.06. The maximum atomic E-state index is 11.4. The minimum absolute atomic E-state index is 0.00932. The van der Waals surface area contributed by atoms with E-state index >= 15 is 0 Å². The summed E-state index contributed by atoms with van der Waals surface area (Å²) in [6.07, 6.45) is -0.504. The van der Waals surface area contributed by atoms with Gasteiger partial charge in [0.25, 0.3) is 0 Å². The quantitative estimate of drug-likeness (QED) is 0.538. The van der Waals surface area contributed by atoms with Crippen molar-refractivity contribution in [2.45, 2.75) is 6.42 Å². The number of amides is 3.